The predicted octanol–water partition coefficient (Wildman–Crippen LogP) is 1.80. The van der Waals surface area contributed by atoms with Gasteiger partial charge in [-0.15, -0.1) is 0 Å². The Bertz CT molecular complexity index is 217. The first-order valence-electron chi connectivity index (χ1n) is 5.10. The number of aliphatic hydroxyl groups is 1. The SMILES string of the molecule is C=CC(OC(C)=O)C1(O)CCCCC1. The van der Waals surface area contributed by atoms with E-state index in [1.165, 1.54) is 13.0 Å². The standard InChI is InChI=1S/C11H18O3/c1-3-10(14-9(2)12)11(13)7-5-4-6-8-11/h3,10,13H,1,4-8H2,2H3. The summed E-state index contributed by atoms with van der Waals surface area (Å²) >= 11 is 0. The van der Waals surface area contributed by atoms with Crippen LogP contribution in [0.15, 0.2) is 12.7 Å². The lowest BCUT2D eigenvalue weighted by Gasteiger charge is -2.36. The van der Waals surface area contributed by atoms with Gasteiger partial charge in [0, 0.05) is 6.92 Å². The molecule has 1 aliphatic carbocycles. The minimum absolute atomic E-state index is 0.367. The normalized spacial score (nSPS) is 22.4. The summed E-state index contributed by atoms with van der Waals surface area (Å²) < 4.78 is 5.04. The van der Waals surface area contributed by atoms with Crippen LogP contribution in [0.3, 0.4) is 0 Å². The molecule has 1 aliphatic rings. The highest BCUT2D eigenvalue weighted by molar-refractivity contribution is 5.66. The van der Waals surface area contributed by atoms with Crippen molar-refractivity contribution in [2.24, 2.45) is 0 Å². The fourth-order valence-corrected chi connectivity index (χ4v) is 2.00. The zero-order valence-corrected chi connectivity index (χ0v) is 8.66. The summed E-state index contributed by atoms with van der Waals surface area (Å²) in [6, 6.07) is 0. The molecule has 0 heterocycles. The van der Waals surface area contributed by atoms with Crippen molar-refractivity contribution < 1.29 is 14.6 Å². The molecule has 14 heavy (non-hydrogen) atoms. The molecule has 1 rings (SSSR count). The summed E-state index contributed by atoms with van der Waals surface area (Å²) in [6.45, 7) is 4.95. The molecule has 0 aromatic carbocycles. The zero-order valence-electron chi connectivity index (χ0n) is 8.66. The molecule has 1 atom stereocenters. The summed E-state index contributed by atoms with van der Waals surface area (Å²) in [5.41, 5.74) is -0.883. The second-order valence-corrected chi connectivity index (χ2v) is 3.93. The van der Waals surface area contributed by atoms with E-state index in [0.29, 0.717) is 12.8 Å². The van der Waals surface area contributed by atoms with Crippen molar-refractivity contribution in [3.63, 3.8) is 0 Å². The maximum Gasteiger partial charge on any atom is 0.303 e. The molecule has 0 saturated heterocycles. The smallest absolute Gasteiger partial charge is 0.303 e. The fourth-order valence-electron chi connectivity index (χ4n) is 2.00. The van der Waals surface area contributed by atoms with Crippen LogP contribution in [0.5, 0.6) is 0 Å². The molecule has 0 aliphatic heterocycles. The molecule has 3 heteroatoms. The van der Waals surface area contributed by atoms with E-state index < -0.39 is 11.7 Å². The Morgan fingerprint density at radius 2 is 2.07 bits per heavy atom. The number of hydrogen-bond acceptors (Lipinski definition) is 3. The molecule has 1 saturated carbocycles. The second-order valence-electron chi connectivity index (χ2n) is 3.93. The van der Waals surface area contributed by atoms with Crippen molar-refractivity contribution in [2.75, 3.05) is 0 Å². The van der Waals surface area contributed by atoms with Crippen molar-refractivity contribution in [1.29, 1.82) is 0 Å². The molecule has 0 amide bonds. The number of carbonyl (C=O) groups excluding carboxylic acids is 1. The third-order valence-electron chi connectivity index (χ3n) is 2.76. The average Bonchev–Trinajstić information content (AvgIpc) is 2.15. The van der Waals surface area contributed by atoms with E-state index in [0.717, 1.165) is 19.3 Å². The van der Waals surface area contributed by atoms with Gasteiger partial charge in [-0.25, -0.2) is 0 Å². The summed E-state index contributed by atoms with van der Waals surface area (Å²) in [7, 11) is 0. The largest absolute Gasteiger partial charge is 0.455 e. The Hall–Kier alpha value is -0.830. The Labute approximate surface area is 84.8 Å². The van der Waals surface area contributed by atoms with Crippen LogP contribution in [0.2, 0.25) is 0 Å². The highest BCUT2D eigenvalue weighted by Crippen LogP contribution is 2.32. The van der Waals surface area contributed by atoms with Crippen molar-refractivity contribution >= 4 is 5.97 Å². The molecule has 1 fully saturated rings. The summed E-state index contributed by atoms with van der Waals surface area (Å²) in [5.74, 6) is -0.367. The van der Waals surface area contributed by atoms with E-state index in [4.69, 9.17) is 4.74 Å². The Morgan fingerprint density at radius 3 is 2.50 bits per heavy atom. The number of ether oxygens (including phenoxy) is 1. The van der Waals surface area contributed by atoms with Crippen LogP contribution in [0.1, 0.15) is 39.0 Å². The molecule has 80 valence electrons. The van der Waals surface area contributed by atoms with Gasteiger partial charge in [0.05, 0.1) is 0 Å². The van der Waals surface area contributed by atoms with Gasteiger partial charge in [0.25, 0.3) is 0 Å². The monoisotopic (exact) mass is 198 g/mol. The van der Waals surface area contributed by atoms with E-state index in [9.17, 15) is 9.90 Å². The lowest BCUT2D eigenvalue weighted by Crippen LogP contribution is -2.45. The molecule has 0 bridgehead atoms. The molecular formula is C11H18O3. The summed E-state index contributed by atoms with van der Waals surface area (Å²) in [4.78, 5) is 10.8. The van der Waals surface area contributed by atoms with E-state index in [1.54, 1.807) is 0 Å². The van der Waals surface area contributed by atoms with E-state index in [1.807, 2.05) is 0 Å². The van der Waals surface area contributed by atoms with Gasteiger partial charge in [0.1, 0.15) is 11.7 Å². The van der Waals surface area contributed by atoms with Crippen molar-refractivity contribution in [3.8, 4) is 0 Å². The minimum atomic E-state index is -0.883. The predicted molar refractivity (Wildman–Crippen MR) is 53.8 cm³/mol. The van der Waals surface area contributed by atoms with Crippen molar-refractivity contribution in [2.45, 2.75) is 50.7 Å². The molecule has 1 N–H and O–H groups in total. The molecule has 3 nitrogen and oxygen atoms in total. The van der Waals surface area contributed by atoms with E-state index in [-0.39, 0.29) is 5.97 Å². The minimum Gasteiger partial charge on any atom is -0.455 e. The average molecular weight is 198 g/mol. The highest BCUT2D eigenvalue weighted by Gasteiger charge is 2.38. The van der Waals surface area contributed by atoms with E-state index >= 15 is 0 Å². The van der Waals surface area contributed by atoms with E-state index in [2.05, 4.69) is 6.58 Å². The lowest BCUT2D eigenvalue weighted by atomic mass is 9.80. The van der Waals surface area contributed by atoms with Gasteiger partial charge >= 0.3 is 5.97 Å². The number of carbonyl (C=O) groups is 1. The summed E-state index contributed by atoms with van der Waals surface area (Å²) in [5, 5.41) is 10.2. The van der Waals surface area contributed by atoms with Crippen LogP contribution in [0.4, 0.5) is 0 Å². The molecule has 0 spiro atoms. The van der Waals surface area contributed by atoms with Gasteiger partial charge in [-0.1, -0.05) is 25.8 Å². The first-order chi connectivity index (χ1) is 6.58. The first-order valence-corrected chi connectivity index (χ1v) is 5.10. The van der Waals surface area contributed by atoms with Crippen LogP contribution in [0.25, 0.3) is 0 Å². The highest BCUT2D eigenvalue weighted by atomic mass is 16.6. The molecule has 0 aromatic rings. The summed E-state index contributed by atoms with van der Waals surface area (Å²) in [6.07, 6.45) is 5.47. The fraction of sp³-hybridized carbons (Fsp3) is 0.727. The molecular weight excluding hydrogens is 180 g/mol. The van der Waals surface area contributed by atoms with Gasteiger partial charge in [0.2, 0.25) is 0 Å². The van der Waals surface area contributed by atoms with Crippen LogP contribution in [0, 0.1) is 0 Å². The Morgan fingerprint density at radius 1 is 1.50 bits per heavy atom. The van der Waals surface area contributed by atoms with Crippen molar-refractivity contribution in [1.82, 2.24) is 0 Å². The Balaban J connectivity index is 2.65. The maximum absolute atomic E-state index is 10.8. The third-order valence-corrected chi connectivity index (χ3v) is 2.76. The maximum atomic E-state index is 10.8. The Kier molecular flexibility index (Phi) is 3.69. The second kappa shape index (κ2) is 4.60. The van der Waals surface area contributed by atoms with Gasteiger partial charge in [-0.3, -0.25) is 4.79 Å². The topological polar surface area (TPSA) is 46.5 Å². The van der Waals surface area contributed by atoms with Crippen LogP contribution < -0.4 is 0 Å². The van der Waals surface area contributed by atoms with Crippen LogP contribution in [-0.4, -0.2) is 22.8 Å². The van der Waals surface area contributed by atoms with Crippen LogP contribution >= 0.6 is 0 Å². The quantitative estimate of drug-likeness (QED) is 0.555. The lowest BCUT2D eigenvalue weighted by molar-refractivity contribution is -0.160. The van der Waals surface area contributed by atoms with Crippen molar-refractivity contribution in [3.05, 3.63) is 12.7 Å². The van der Waals surface area contributed by atoms with Crippen LogP contribution in [-0.2, 0) is 9.53 Å². The zero-order chi connectivity index (χ0) is 10.6. The number of esters is 1. The molecule has 0 radical (unpaired) electrons. The number of rotatable bonds is 3. The third kappa shape index (κ3) is 2.58. The van der Waals surface area contributed by atoms with Gasteiger partial charge in [-0.2, -0.15) is 0 Å². The first kappa shape index (κ1) is 11.2. The molecule has 0 aromatic heterocycles. The number of hydrogen-bond donors (Lipinski definition) is 1. The molecule has 1 unspecified atom stereocenters. The van der Waals surface area contributed by atoms with Gasteiger partial charge in [-0.05, 0) is 18.9 Å². The van der Waals surface area contributed by atoms with Gasteiger partial charge in [0.15, 0.2) is 0 Å². The van der Waals surface area contributed by atoms with Gasteiger partial charge < -0.3 is 9.84 Å².